The Labute approximate surface area is 122 Å². The summed E-state index contributed by atoms with van der Waals surface area (Å²) >= 11 is 5.98. The third-order valence-electron chi connectivity index (χ3n) is 4.22. The summed E-state index contributed by atoms with van der Waals surface area (Å²) in [6, 6.07) is 5.08. The Kier molecular flexibility index (Phi) is 3.69. The molecule has 0 atom stereocenters. The molecule has 1 saturated carbocycles. The van der Waals surface area contributed by atoms with Crippen molar-refractivity contribution in [3.63, 3.8) is 0 Å². The van der Waals surface area contributed by atoms with Gasteiger partial charge in [-0.05, 0) is 36.8 Å². The molecule has 0 aliphatic heterocycles. The number of rotatable bonds is 6. The van der Waals surface area contributed by atoms with E-state index in [4.69, 9.17) is 16.3 Å². The summed E-state index contributed by atoms with van der Waals surface area (Å²) in [6.07, 6.45) is 3.40. The maximum atomic E-state index is 13.8. The van der Waals surface area contributed by atoms with Gasteiger partial charge in [-0.2, -0.15) is 0 Å². The van der Waals surface area contributed by atoms with Gasteiger partial charge in [0.05, 0.1) is 11.4 Å². The van der Waals surface area contributed by atoms with Crippen LogP contribution in [0.5, 0.6) is 0 Å². The third kappa shape index (κ3) is 2.42. The number of para-hydroxylation sites is 1. The standard InChI is InChI=1S/C15H18ClFN2O/c1-20-8-7-15(5-6-15)10-19-12-4-2-3-11(17)14(12)18-13(19)9-16/h2-4H,5-10H2,1H3. The molecule has 0 amide bonds. The predicted octanol–water partition coefficient (Wildman–Crippen LogP) is 3.73. The van der Waals surface area contributed by atoms with Crippen LogP contribution in [0.4, 0.5) is 4.39 Å². The van der Waals surface area contributed by atoms with Gasteiger partial charge in [0.2, 0.25) is 0 Å². The van der Waals surface area contributed by atoms with Gasteiger partial charge >= 0.3 is 0 Å². The van der Waals surface area contributed by atoms with E-state index in [-0.39, 0.29) is 11.2 Å². The van der Waals surface area contributed by atoms with Crippen LogP contribution in [-0.4, -0.2) is 23.3 Å². The van der Waals surface area contributed by atoms with Crippen molar-refractivity contribution in [3.05, 3.63) is 29.8 Å². The fourth-order valence-corrected chi connectivity index (χ4v) is 2.96. The first-order valence-corrected chi connectivity index (χ1v) is 7.41. The maximum Gasteiger partial charge on any atom is 0.151 e. The molecule has 1 aliphatic carbocycles. The first kappa shape index (κ1) is 13.8. The Hall–Kier alpha value is -1.13. The van der Waals surface area contributed by atoms with Crippen molar-refractivity contribution in [1.29, 1.82) is 0 Å². The average Bonchev–Trinajstić information content (AvgIpc) is 3.13. The monoisotopic (exact) mass is 296 g/mol. The number of hydrogen-bond acceptors (Lipinski definition) is 2. The molecule has 0 bridgehead atoms. The number of ether oxygens (including phenoxy) is 1. The topological polar surface area (TPSA) is 27.1 Å². The van der Waals surface area contributed by atoms with Crippen molar-refractivity contribution in [2.75, 3.05) is 13.7 Å². The highest BCUT2D eigenvalue weighted by molar-refractivity contribution is 6.16. The minimum Gasteiger partial charge on any atom is -0.385 e. The van der Waals surface area contributed by atoms with Crippen LogP contribution in [0, 0.1) is 11.2 Å². The van der Waals surface area contributed by atoms with Crippen molar-refractivity contribution in [2.45, 2.75) is 31.7 Å². The van der Waals surface area contributed by atoms with Gasteiger partial charge in [0.25, 0.3) is 0 Å². The summed E-state index contributed by atoms with van der Waals surface area (Å²) < 4.78 is 21.1. The minimum absolute atomic E-state index is 0.275. The van der Waals surface area contributed by atoms with Gasteiger partial charge in [0.1, 0.15) is 11.3 Å². The summed E-state index contributed by atoms with van der Waals surface area (Å²) in [5, 5.41) is 0. The lowest BCUT2D eigenvalue weighted by atomic mass is 10.0. The van der Waals surface area contributed by atoms with E-state index in [2.05, 4.69) is 9.55 Å². The Morgan fingerprint density at radius 1 is 1.45 bits per heavy atom. The Bertz CT molecular complexity index is 622. The molecule has 108 valence electrons. The first-order valence-electron chi connectivity index (χ1n) is 6.88. The summed E-state index contributed by atoms with van der Waals surface area (Å²) in [5.41, 5.74) is 1.53. The molecule has 1 aromatic carbocycles. The summed E-state index contributed by atoms with van der Waals surface area (Å²) in [7, 11) is 1.72. The second-order valence-electron chi connectivity index (χ2n) is 5.60. The Balaban J connectivity index is 1.96. The van der Waals surface area contributed by atoms with Crippen LogP contribution >= 0.6 is 11.6 Å². The van der Waals surface area contributed by atoms with E-state index in [0.29, 0.717) is 11.4 Å². The van der Waals surface area contributed by atoms with E-state index in [1.54, 1.807) is 13.2 Å². The summed E-state index contributed by atoms with van der Waals surface area (Å²) in [6.45, 7) is 1.61. The van der Waals surface area contributed by atoms with Crippen molar-refractivity contribution in [1.82, 2.24) is 9.55 Å². The quantitative estimate of drug-likeness (QED) is 0.760. The van der Waals surface area contributed by atoms with Gasteiger partial charge in [0.15, 0.2) is 5.82 Å². The van der Waals surface area contributed by atoms with Crippen LogP contribution in [0.1, 0.15) is 25.1 Å². The zero-order valence-electron chi connectivity index (χ0n) is 11.5. The second-order valence-corrected chi connectivity index (χ2v) is 5.87. The summed E-state index contributed by atoms with van der Waals surface area (Å²) in [5.74, 6) is 0.763. The van der Waals surface area contributed by atoms with Gasteiger partial charge in [0, 0.05) is 20.3 Å². The third-order valence-corrected chi connectivity index (χ3v) is 4.45. The highest BCUT2D eigenvalue weighted by atomic mass is 35.5. The van der Waals surface area contributed by atoms with E-state index in [1.807, 2.05) is 6.07 Å². The lowest BCUT2D eigenvalue weighted by Crippen LogP contribution is -2.15. The highest BCUT2D eigenvalue weighted by Crippen LogP contribution is 2.50. The summed E-state index contributed by atoms with van der Waals surface area (Å²) in [4.78, 5) is 4.35. The van der Waals surface area contributed by atoms with Crippen molar-refractivity contribution >= 4 is 22.6 Å². The number of imidazole rings is 1. The number of hydrogen-bond donors (Lipinski definition) is 0. The molecular formula is C15H18ClFN2O. The Morgan fingerprint density at radius 2 is 2.25 bits per heavy atom. The number of fused-ring (bicyclic) bond motifs is 1. The van der Waals surface area contributed by atoms with Crippen LogP contribution in [0.25, 0.3) is 11.0 Å². The molecule has 2 aromatic rings. The van der Waals surface area contributed by atoms with Crippen LogP contribution in [0.3, 0.4) is 0 Å². The van der Waals surface area contributed by atoms with E-state index in [0.717, 1.165) is 30.9 Å². The largest absolute Gasteiger partial charge is 0.385 e. The van der Waals surface area contributed by atoms with Crippen LogP contribution in [0.15, 0.2) is 18.2 Å². The number of methoxy groups -OCH3 is 1. The smallest absolute Gasteiger partial charge is 0.151 e. The van der Waals surface area contributed by atoms with E-state index >= 15 is 0 Å². The molecule has 0 saturated heterocycles. The molecule has 20 heavy (non-hydrogen) atoms. The van der Waals surface area contributed by atoms with Gasteiger partial charge < -0.3 is 9.30 Å². The fraction of sp³-hybridized carbons (Fsp3) is 0.533. The Morgan fingerprint density at radius 3 is 2.90 bits per heavy atom. The lowest BCUT2D eigenvalue weighted by molar-refractivity contribution is 0.167. The SMILES string of the molecule is COCCC1(Cn2c(CCl)nc3c(F)cccc32)CC1. The minimum atomic E-state index is -0.283. The molecule has 0 radical (unpaired) electrons. The molecule has 1 aliphatic rings. The van der Waals surface area contributed by atoms with E-state index < -0.39 is 0 Å². The molecule has 1 heterocycles. The number of benzene rings is 1. The number of halogens is 2. The number of nitrogens with zero attached hydrogens (tertiary/aromatic N) is 2. The lowest BCUT2D eigenvalue weighted by Gasteiger charge is -2.17. The molecule has 5 heteroatoms. The fourth-order valence-electron chi connectivity index (χ4n) is 2.76. The predicted molar refractivity (Wildman–Crippen MR) is 77.4 cm³/mol. The normalized spacial score (nSPS) is 16.8. The molecule has 1 fully saturated rings. The van der Waals surface area contributed by atoms with Gasteiger partial charge in [-0.15, -0.1) is 11.6 Å². The first-order chi connectivity index (χ1) is 9.69. The van der Waals surface area contributed by atoms with Crippen molar-refractivity contribution in [3.8, 4) is 0 Å². The molecule has 1 aromatic heterocycles. The molecule has 0 spiro atoms. The van der Waals surface area contributed by atoms with Gasteiger partial charge in [-0.1, -0.05) is 6.07 Å². The molecule has 3 rings (SSSR count). The molecular weight excluding hydrogens is 279 g/mol. The average molecular weight is 297 g/mol. The highest BCUT2D eigenvalue weighted by Gasteiger charge is 2.43. The number of aromatic nitrogens is 2. The zero-order valence-corrected chi connectivity index (χ0v) is 12.3. The van der Waals surface area contributed by atoms with Gasteiger partial charge in [-0.3, -0.25) is 0 Å². The van der Waals surface area contributed by atoms with Crippen LogP contribution in [0.2, 0.25) is 0 Å². The molecule has 0 unspecified atom stereocenters. The van der Waals surface area contributed by atoms with Crippen molar-refractivity contribution in [2.24, 2.45) is 5.41 Å². The van der Waals surface area contributed by atoms with Crippen molar-refractivity contribution < 1.29 is 9.13 Å². The van der Waals surface area contributed by atoms with E-state index in [9.17, 15) is 4.39 Å². The maximum absolute atomic E-state index is 13.8. The second kappa shape index (κ2) is 5.34. The number of alkyl halides is 1. The zero-order chi connectivity index (χ0) is 14.2. The van der Waals surface area contributed by atoms with Gasteiger partial charge in [-0.25, -0.2) is 9.37 Å². The molecule has 0 N–H and O–H groups in total. The van der Waals surface area contributed by atoms with Crippen LogP contribution in [-0.2, 0) is 17.2 Å². The van der Waals surface area contributed by atoms with E-state index in [1.165, 1.54) is 18.9 Å². The molecule has 3 nitrogen and oxygen atoms in total. The van der Waals surface area contributed by atoms with Crippen LogP contribution < -0.4 is 0 Å².